The fourth-order valence-corrected chi connectivity index (χ4v) is 4.06. The van der Waals surface area contributed by atoms with Crippen molar-refractivity contribution in [2.24, 2.45) is 0 Å². The summed E-state index contributed by atoms with van der Waals surface area (Å²) in [5.74, 6) is -0.492. The van der Waals surface area contributed by atoms with Crippen LogP contribution >= 0.6 is 0 Å². The largest absolute Gasteiger partial charge is 0.506 e. The van der Waals surface area contributed by atoms with E-state index in [1.807, 2.05) is 13.8 Å². The van der Waals surface area contributed by atoms with Gasteiger partial charge in [0.1, 0.15) is 28.6 Å². The van der Waals surface area contributed by atoms with E-state index in [2.05, 4.69) is 0 Å². The first kappa shape index (κ1) is 25.1. The summed E-state index contributed by atoms with van der Waals surface area (Å²) < 4.78 is 21.7. The molecular weight excluding hydrogens is 438 g/mol. The third-order valence-corrected chi connectivity index (χ3v) is 5.52. The van der Waals surface area contributed by atoms with Crippen LogP contribution in [0.25, 0.3) is 5.76 Å². The third kappa shape index (κ3) is 5.02. The highest BCUT2D eigenvalue weighted by molar-refractivity contribution is 6.46. The van der Waals surface area contributed by atoms with Gasteiger partial charge in [0.15, 0.2) is 0 Å². The van der Waals surface area contributed by atoms with Gasteiger partial charge in [-0.15, -0.1) is 0 Å². The van der Waals surface area contributed by atoms with E-state index < -0.39 is 17.7 Å². The zero-order chi connectivity index (χ0) is 24.8. The molecule has 3 rings (SSSR count). The van der Waals surface area contributed by atoms with Crippen LogP contribution in [0, 0.1) is 0 Å². The molecule has 1 unspecified atom stereocenters. The SMILES string of the molecule is COCCCN1C(=O)C(=O)/C(=C(/O)c2c(OC)cccc2OC)C1c1ccc(OC(C)C)cc1. The Kier molecular flexibility index (Phi) is 8.17. The molecule has 1 N–H and O–H groups in total. The Morgan fingerprint density at radius 1 is 1.00 bits per heavy atom. The molecule has 0 bridgehead atoms. The highest BCUT2D eigenvalue weighted by atomic mass is 16.5. The van der Waals surface area contributed by atoms with Crippen molar-refractivity contribution >= 4 is 17.4 Å². The highest BCUT2D eigenvalue weighted by Crippen LogP contribution is 2.43. The molecule has 34 heavy (non-hydrogen) atoms. The van der Waals surface area contributed by atoms with Crippen LogP contribution in [0.2, 0.25) is 0 Å². The maximum atomic E-state index is 13.2. The second kappa shape index (κ2) is 11.1. The summed E-state index contributed by atoms with van der Waals surface area (Å²) in [5, 5.41) is 11.4. The molecule has 1 fully saturated rings. The van der Waals surface area contributed by atoms with Crippen LogP contribution < -0.4 is 14.2 Å². The van der Waals surface area contributed by atoms with E-state index in [0.29, 0.717) is 35.8 Å². The lowest BCUT2D eigenvalue weighted by molar-refractivity contribution is -0.140. The van der Waals surface area contributed by atoms with Crippen molar-refractivity contribution in [3.63, 3.8) is 0 Å². The number of likely N-dealkylation sites (tertiary alicyclic amines) is 1. The van der Waals surface area contributed by atoms with Crippen LogP contribution in [-0.4, -0.2) is 62.3 Å². The first-order valence-electron chi connectivity index (χ1n) is 11.1. The molecule has 2 aromatic carbocycles. The molecule has 1 aliphatic rings. The predicted molar refractivity (Wildman–Crippen MR) is 127 cm³/mol. The lowest BCUT2D eigenvalue weighted by atomic mass is 9.94. The average Bonchev–Trinajstić information content (AvgIpc) is 3.08. The molecule has 0 saturated carbocycles. The van der Waals surface area contributed by atoms with Crippen LogP contribution in [0.15, 0.2) is 48.0 Å². The van der Waals surface area contributed by atoms with Crippen LogP contribution in [0.4, 0.5) is 0 Å². The number of ether oxygens (including phenoxy) is 4. The van der Waals surface area contributed by atoms with Gasteiger partial charge in [0.2, 0.25) is 0 Å². The summed E-state index contributed by atoms with van der Waals surface area (Å²) in [4.78, 5) is 27.7. The first-order valence-corrected chi connectivity index (χ1v) is 11.1. The third-order valence-electron chi connectivity index (χ3n) is 5.52. The summed E-state index contributed by atoms with van der Waals surface area (Å²) in [5.41, 5.74) is 0.859. The van der Waals surface area contributed by atoms with Crippen molar-refractivity contribution in [2.75, 3.05) is 34.5 Å². The fraction of sp³-hybridized carbons (Fsp3) is 0.385. The van der Waals surface area contributed by atoms with Crippen molar-refractivity contribution in [3.05, 3.63) is 59.2 Å². The Labute approximate surface area is 199 Å². The van der Waals surface area contributed by atoms with Crippen molar-refractivity contribution < 1.29 is 33.6 Å². The Balaban J connectivity index is 2.17. The van der Waals surface area contributed by atoms with E-state index in [1.165, 1.54) is 19.1 Å². The molecule has 0 aromatic heterocycles. The minimum absolute atomic E-state index is 0.00328. The Morgan fingerprint density at radius 2 is 1.62 bits per heavy atom. The molecule has 8 heteroatoms. The molecular formula is C26H31NO7. The lowest BCUT2D eigenvalue weighted by Crippen LogP contribution is -2.31. The maximum absolute atomic E-state index is 13.2. The molecule has 1 aliphatic heterocycles. The van der Waals surface area contributed by atoms with Crippen LogP contribution in [0.3, 0.4) is 0 Å². The average molecular weight is 470 g/mol. The van der Waals surface area contributed by atoms with Crippen molar-refractivity contribution in [2.45, 2.75) is 32.4 Å². The van der Waals surface area contributed by atoms with Gasteiger partial charge >= 0.3 is 0 Å². The first-order chi connectivity index (χ1) is 16.3. The summed E-state index contributed by atoms with van der Waals surface area (Å²) >= 11 is 0. The minimum atomic E-state index is -0.792. The van der Waals surface area contributed by atoms with E-state index in [1.54, 1.807) is 49.6 Å². The van der Waals surface area contributed by atoms with Gasteiger partial charge in [-0.25, -0.2) is 0 Å². The van der Waals surface area contributed by atoms with E-state index in [9.17, 15) is 14.7 Å². The molecule has 0 aliphatic carbocycles. The van der Waals surface area contributed by atoms with Gasteiger partial charge in [0.05, 0.1) is 31.9 Å². The second-order valence-electron chi connectivity index (χ2n) is 8.11. The Bertz CT molecular complexity index is 1040. The molecule has 0 spiro atoms. The lowest BCUT2D eigenvalue weighted by Gasteiger charge is -2.26. The number of hydrogen-bond acceptors (Lipinski definition) is 7. The number of carbonyl (C=O) groups is 2. The minimum Gasteiger partial charge on any atom is -0.506 e. The summed E-state index contributed by atoms with van der Waals surface area (Å²) in [6.45, 7) is 4.57. The van der Waals surface area contributed by atoms with Gasteiger partial charge in [-0.3, -0.25) is 9.59 Å². The molecule has 0 radical (unpaired) electrons. The quantitative estimate of drug-likeness (QED) is 0.244. The number of aliphatic hydroxyl groups is 1. The number of nitrogens with zero attached hydrogens (tertiary/aromatic N) is 1. The summed E-state index contributed by atoms with van der Waals surface area (Å²) in [6.07, 6.45) is 0.538. The molecule has 1 amide bonds. The van der Waals surface area contributed by atoms with Gasteiger partial charge in [-0.2, -0.15) is 0 Å². The number of aliphatic hydroxyl groups excluding tert-OH is 1. The van der Waals surface area contributed by atoms with Gasteiger partial charge in [-0.05, 0) is 50.1 Å². The number of rotatable bonds is 10. The number of hydrogen-bond donors (Lipinski definition) is 1. The van der Waals surface area contributed by atoms with Crippen molar-refractivity contribution in [1.29, 1.82) is 0 Å². The Morgan fingerprint density at radius 3 is 2.15 bits per heavy atom. The van der Waals surface area contributed by atoms with Gasteiger partial charge in [0.25, 0.3) is 11.7 Å². The second-order valence-corrected chi connectivity index (χ2v) is 8.11. The molecule has 8 nitrogen and oxygen atoms in total. The number of amides is 1. The van der Waals surface area contributed by atoms with Gasteiger partial charge < -0.3 is 29.0 Å². The molecule has 2 aromatic rings. The van der Waals surface area contributed by atoms with E-state index in [-0.39, 0.29) is 29.5 Å². The summed E-state index contributed by atoms with van der Waals surface area (Å²) in [7, 11) is 4.49. The van der Waals surface area contributed by atoms with Crippen molar-refractivity contribution in [1.82, 2.24) is 4.90 Å². The van der Waals surface area contributed by atoms with Crippen LogP contribution in [0.5, 0.6) is 17.2 Å². The van der Waals surface area contributed by atoms with Crippen LogP contribution in [-0.2, 0) is 14.3 Å². The predicted octanol–water partition coefficient (Wildman–Crippen LogP) is 3.95. The van der Waals surface area contributed by atoms with Crippen molar-refractivity contribution in [3.8, 4) is 17.2 Å². The monoisotopic (exact) mass is 469 g/mol. The molecule has 1 heterocycles. The number of methoxy groups -OCH3 is 3. The number of ketones is 1. The zero-order valence-corrected chi connectivity index (χ0v) is 20.2. The smallest absolute Gasteiger partial charge is 0.295 e. The van der Waals surface area contributed by atoms with Gasteiger partial charge in [-0.1, -0.05) is 18.2 Å². The Hall–Kier alpha value is -3.52. The number of Topliss-reactive ketones (excluding diaryl/α,β-unsaturated/α-hetero) is 1. The van der Waals surface area contributed by atoms with E-state index >= 15 is 0 Å². The van der Waals surface area contributed by atoms with Crippen LogP contribution in [0.1, 0.15) is 37.4 Å². The molecule has 1 atom stereocenters. The molecule has 182 valence electrons. The molecule has 1 saturated heterocycles. The van der Waals surface area contributed by atoms with E-state index in [0.717, 1.165) is 0 Å². The number of benzene rings is 2. The van der Waals surface area contributed by atoms with Gasteiger partial charge in [0, 0.05) is 20.3 Å². The number of carbonyl (C=O) groups excluding carboxylic acids is 2. The topological polar surface area (TPSA) is 94.5 Å². The fourth-order valence-electron chi connectivity index (χ4n) is 4.06. The maximum Gasteiger partial charge on any atom is 0.295 e. The normalized spacial score (nSPS) is 17.4. The standard InChI is InChI=1S/C26H31NO7/c1-16(2)34-18-12-10-17(11-13-18)23-22(25(29)26(30)27(23)14-7-15-31-3)24(28)21-19(32-4)8-6-9-20(21)33-5/h6,8-13,16,23,28H,7,14-15H2,1-5H3/b24-22+. The van der Waals surface area contributed by atoms with E-state index in [4.69, 9.17) is 18.9 Å². The highest BCUT2D eigenvalue weighted by Gasteiger charge is 2.46. The zero-order valence-electron chi connectivity index (χ0n) is 20.2. The summed E-state index contributed by atoms with van der Waals surface area (Å²) in [6, 6.07) is 11.4.